The standard InChI is InChI=1S/C12H15N5/c1-17(2)11-7-8-14-12(16-11)15-10-5-3-9(13)4-6-10/h3-8H,13H2,1-2H3,(H,14,15,16). The largest absolute Gasteiger partial charge is 0.399 e. The summed E-state index contributed by atoms with van der Waals surface area (Å²) in [6.45, 7) is 0. The number of aromatic nitrogens is 2. The van der Waals surface area contributed by atoms with E-state index >= 15 is 0 Å². The van der Waals surface area contributed by atoms with Crippen molar-refractivity contribution >= 4 is 23.1 Å². The van der Waals surface area contributed by atoms with Crippen LogP contribution in [0.2, 0.25) is 0 Å². The van der Waals surface area contributed by atoms with Gasteiger partial charge in [-0.25, -0.2) is 4.98 Å². The lowest BCUT2D eigenvalue weighted by molar-refractivity contribution is 1.04. The summed E-state index contributed by atoms with van der Waals surface area (Å²) in [7, 11) is 3.88. The topological polar surface area (TPSA) is 67.1 Å². The van der Waals surface area contributed by atoms with Crippen molar-refractivity contribution in [1.82, 2.24) is 9.97 Å². The van der Waals surface area contributed by atoms with Gasteiger partial charge in [0.2, 0.25) is 5.95 Å². The van der Waals surface area contributed by atoms with Crippen molar-refractivity contribution in [3.63, 3.8) is 0 Å². The first kappa shape index (κ1) is 11.2. The van der Waals surface area contributed by atoms with E-state index in [-0.39, 0.29) is 0 Å². The number of benzene rings is 1. The van der Waals surface area contributed by atoms with Gasteiger partial charge in [-0.15, -0.1) is 0 Å². The van der Waals surface area contributed by atoms with Crippen molar-refractivity contribution in [3.05, 3.63) is 36.5 Å². The molecule has 0 saturated heterocycles. The molecule has 3 N–H and O–H groups in total. The van der Waals surface area contributed by atoms with Crippen LogP contribution >= 0.6 is 0 Å². The molecule has 0 bridgehead atoms. The van der Waals surface area contributed by atoms with Gasteiger partial charge in [0, 0.05) is 31.7 Å². The minimum absolute atomic E-state index is 0.570. The molecule has 2 rings (SSSR count). The summed E-state index contributed by atoms with van der Waals surface area (Å²) in [6.07, 6.45) is 1.72. The average Bonchev–Trinajstić information content (AvgIpc) is 2.32. The number of hydrogen-bond donors (Lipinski definition) is 2. The number of anilines is 4. The number of nitrogen functional groups attached to an aromatic ring is 1. The fourth-order valence-electron chi connectivity index (χ4n) is 1.35. The van der Waals surface area contributed by atoms with Crippen LogP contribution in [0.5, 0.6) is 0 Å². The molecule has 2 aromatic rings. The fraction of sp³-hybridized carbons (Fsp3) is 0.167. The molecule has 0 atom stereocenters. The molecule has 1 aromatic carbocycles. The number of nitrogens with zero attached hydrogens (tertiary/aromatic N) is 3. The summed E-state index contributed by atoms with van der Waals surface area (Å²) < 4.78 is 0. The van der Waals surface area contributed by atoms with Crippen LogP contribution < -0.4 is 16.0 Å². The van der Waals surface area contributed by atoms with E-state index in [1.807, 2.05) is 49.3 Å². The maximum atomic E-state index is 5.62. The Hall–Kier alpha value is -2.30. The zero-order valence-electron chi connectivity index (χ0n) is 9.88. The monoisotopic (exact) mass is 229 g/mol. The Morgan fingerprint density at radius 1 is 1.12 bits per heavy atom. The Bertz CT molecular complexity index is 493. The van der Waals surface area contributed by atoms with Crippen LogP contribution in [-0.2, 0) is 0 Å². The molecular weight excluding hydrogens is 214 g/mol. The van der Waals surface area contributed by atoms with Crippen molar-refractivity contribution in [2.75, 3.05) is 30.0 Å². The zero-order chi connectivity index (χ0) is 12.3. The minimum Gasteiger partial charge on any atom is -0.399 e. The first-order chi connectivity index (χ1) is 8.15. The third kappa shape index (κ3) is 2.84. The molecular formula is C12H15N5. The average molecular weight is 229 g/mol. The van der Waals surface area contributed by atoms with Gasteiger partial charge < -0.3 is 16.0 Å². The van der Waals surface area contributed by atoms with Gasteiger partial charge in [-0.2, -0.15) is 4.98 Å². The molecule has 0 fully saturated rings. The molecule has 0 radical (unpaired) electrons. The van der Waals surface area contributed by atoms with Crippen molar-refractivity contribution in [1.29, 1.82) is 0 Å². The summed E-state index contributed by atoms with van der Waals surface area (Å²) >= 11 is 0. The first-order valence-electron chi connectivity index (χ1n) is 5.28. The lowest BCUT2D eigenvalue weighted by Crippen LogP contribution is -2.11. The van der Waals surface area contributed by atoms with E-state index in [1.54, 1.807) is 6.20 Å². The van der Waals surface area contributed by atoms with Gasteiger partial charge in [0.1, 0.15) is 5.82 Å². The van der Waals surface area contributed by atoms with Gasteiger partial charge in [-0.1, -0.05) is 0 Å². The molecule has 17 heavy (non-hydrogen) atoms. The second-order valence-electron chi connectivity index (χ2n) is 3.88. The van der Waals surface area contributed by atoms with Crippen molar-refractivity contribution in [2.45, 2.75) is 0 Å². The van der Waals surface area contributed by atoms with Crippen LogP contribution in [-0.4, -0.2) is 24.1 Å². The van der Waals surface area contributed by atoms with E-state index in [4.69, 9.17) is 5.73 Å². The summed E-state index contributed by atoms with van der Waals surface area (Å²) in [5.41, 5.74) is 7.27. The Labute approximate surface area is 100 Å². The molecule has 0 amide bonds. The molecule has 0 saturated carbocycles. The van der Waals surface area contributed by atoms with E-state index in [1.165, 1.54) is 0 Å². The van der Waals surface area contributed by atoms with Gasteiger partial charge >= 0.3 is 0 Å². The van der Waals surface area contributed by atoms with Crippen LogP contribution in [0.15, 0.2) is 36.5 Å². The van der Waals surface area contributed by atoms with Crippen LogP contribution in [0.1, 0.15) is 0 Å². The highest BCUT2D eigenvalue weighted by atomic mass is 15.2. The molecule has 0 aliphatic heterocycles. The quantitative estimate of drug-likeness (QED) is 0.786. The van der Waals surface area contributed by atoms with Gasteiger partial charge in [0.05, 0.1) is 0 Å². The Morgan fingerprint density at radius 3 is 2.47 bits per heavy atom. The van der Waals surface area contributed by atoms with Gasteiger partial charge in [-0.05, 0) is 30.3 Å². The Kier molecular flexibility index (Phi) is 3.09. The molecule has 0 aliphatic rings. The molecule has 5 nitrogen and oxygen atoms in total. The van der Waals surface area contributed by atoms with E-state index in [0.29, 0.717) is 5.95 Å². The van der Waals surface area contributed by atoms with Gasteiger partial charge in [-0.3, -0.25) is 0 Å². The number of nitrogens with one attached hydrogen (secondary N) is 1. The lowest BCUT2D eigenvalue weighted by atomic mass is 10.3. The molecule has 0 aliphatic carbocycles. The van der Waals surface area contributed by atoms with Crippen molar-refractivity contribution in [2.24, 2.45) is 0 Å². The number of rotatable bonds is 3. The van der Waals surface area contributed by atoms with Crippen LogP contribution in [0.3, 0.4) is 0 Å². The molecule has 1 aromatic heterocycles. The maximum Gasteiger partial charge on any atom is 0.229 e. The molecule has 0 unspecified atom stereocenters. The summed E-state index contributed by atoms with van der Waals surface area (Å²) in [6, 6.07) is 9.30. The highest BCUT2D eigenvalue weighted by molar-refractivity contribution is 5.58. The number of hydrogen-bond acceptors (Lipinski definition) is 5. The van der Waals surface area contributed by atoms with E-state index in [9.17, 15) is 0 Å². The zero-order valence-corrected chi connectivity index (χ0v) is 9.88. The molecule has 88 valence electrons. The van der Waals surface area contributed by atoms with E-state index in [0.717, 1.165) is 17.2 Å². The predicted molar refractivity (Wildman–Crippen MR) is 70.5 cm³/mol. The Morgan fingerprint density at radius 2 is 1.82 bits per heavy atom. The molecule has 1 heterocycles. The normalized spacial score (nSPS) is 10.0. The predicted octanol–water partition coefficient (Wildman–Crippen LogP) is 1.87. The molecule has 5 heteroatoms. The smallest absolute Gasteiger partial charge is 0.229 e. The fourth-order valence-corrected chi connectivity index (χ4v) is 1.35. The Balaban J connectivity index is 2.18. The third-order valence-electron chi connectivity index (χ3n) is 2.27. The van der Waals surface area contributed by atoms with E-state index in [2.05, 4.69) is 15.3 Å². The lowest BCUT2D eigenvalue weighted by Gasteiger charge is -2.12. The maximum absolute atomic E-state index is 5.62. The second kappa shape index (κ2) is 4.69. The number of nitrogens with two attached hydrogens (primary N) is 1. The highest BCUT2D eigenvalue weighted by Gasteiger charge is 2.01. The third-order valence-corrected chi connectivity index (χ3v) is 2.27. The first-order valence-corrected chi connectivity index (χ1v) is 5.28. The summed E-state index contributed by atoms with van der Waals surface area (Å²) in [4.78, 5) is 10.4. The highest BCUT2D eigenvalue weighted by Crippen LogP contribution is 2.16. The summed E-state index contributed by atoms with van der Waals surface area (Å²) in [5.74, 6) is 1.43. The van der Waals surface area contributed by atoms with Gasteiger partial charge in [0.15, 0.2) is 0 Å². The van der Waals surface area contributed by atoms with E-state index < -0.39 is 0 Å². The van der Waals surface area contributed by atoms with Crippen LogP contribution in [0.25, 0.3) is 0 Å². The van der Waals surface area contributed by atoms with Crippen molar-refractivity contribution < 1.29 is 0 Å². The van der Waals surface area contributed by atoms with Gasteiger partial charge in [0.25, 0.3) is 0 Å². The van der Waals surface area contributed by atoms with Crippen LogP contribution in [0.4, 0.5) is 23.1 Å². The summed E-state index contributed by atoms with van der Waals surface area (Å²) in [5, 5.41) is 3.12. The SMILES string of the molecule is CN(C)c1ccnc(Nc2ccc(N)cc2)n1. The second-order valence-corrected chi connectivity index (χ2v) is 3.88. The minimum atomic E-state index is 0.570. The molecule has 0 spiro atoms. The van der Waals surface area contributed by atoms with Crippen LogP contribution in [0, 0.1) is 0 Å². The van der Waals surface area contributed by atoms with Crippen molar-refractivity contribution in [3.8, 4) is 0 Å².